The Morgan fingerprint density at radius 2 is 0.786 bits per heavy atom. The minimum atomic E-state index is -1.41. The monoisotopic (exact) mass is 614 g/mol. The molecule has 208 valence electrons. The molecule has 0 atom stereocenters. The molecule has 0 spiro atoms. The highest BCUT2D eigenvalue weighted by molar-refractivity contribution is 9.10. The number of hydrogen-bond donors (Lipinski definition) is 4. The molecule has 6 rings (SSSR count). The van der Waals surface area contributed by atoms with Crippen molar-refractivity contribution in [3.05, 3.63) is 162 Å². The highest BCUT2D eigenvalue weighted by Crippen LogP contribution is 2.26. The van der Waals surface area contributed by atoms with Gasteiger partial charge in [0.1, 0.15) is 0 Å². The van der Waals surface area contributed by atoms with Gasteiger partial charge in [0.25, 0.3) is 0 Å². The Morgan fingerprint density at radius 1 is 0.405 bits per heavy atom. The van der Waals surface area contributed by atoms with Crippen molar-refractivity contribution >= 4 is 39.9 Å². The summed E-state index contributed by atoms with van der Waals surface area (Å²) in [6, 6.07) is 51.5. The van der Waals surface area contributed by atoms with Gasteiger partial charge in [-0.2, -0.15) is 0 Å². The first kappa shape index (κ1) is 30.3. The lowest BCUT2D eigenvalue weighted by molar-refractivity contribution is 0.426. The Morgan fingerprint density at radius 3 is 1.24 bits per heavy atom. The summed E-state index contributed by atoms with van der Waals surface area (Å²) in [5, 5.41) is 18.1. The van der Waals surface area contributed by atoms with Gasteiger partial charge in [0.2, 0.25) is 0 Å². The lowest BCUT2D eigenvalue weighted by Gasteiger charge is -2.06. The molecular weight excluding hydrogens is 583 g/mol. The third kappa shape index (κ3) is 9.21. The average molecular weight is 615 g/mol. The second-order valence-electron chi connectivity index (χ2n) is 9.49. The van der Waals surface area contributed by atoms with E-state index in [1.807, 2.05) is 84.9 Å². The van der Waals surface area contributed by atoms with E-state index >= 15 is 0 Å². The molecule has 0 aliphatic rings. The number of nitrogen functional groups attached to an aromatic ring is 2. The van der Waals surface area contributed by atoms with Crippen LogP contribution >= 0.6 is 15.9 Å². The zero-order valence-electron chi connectivity index (χ0n) is 23.0. The molecule has 6 N–H and O–H groups in total. The lowest BCUT2D eigenvalue weighted by atomic mass is 9.79. The van der Waals surface area contributed by atoms with Crippen molar-refractivity contribution in [2.75, 3.05) is 11.5 Å². The van der Waals surface area contributed by atoms with Crippen LogP contribution in [0.5, 0.6) is 0 Å². The zero-order chi connectivity index (χ0) is 29.7. The number of anilines is 2. The van der Waals surface area contributed by atoms with Crippen molar-refractivity contribution in [1.29, 1.82) is 0 Å². The first-order chi connectivity index (χ1) is 20.4. The van der Waals surface area contributed by atoms with Crippen molar-refractivity contribution in [2.45, 2.75) is 0 Å². The van der Waals surface area contributed by atoms with Gasteiger partial charge >= 0.3 is 7.12 Å². The molecule has 0 bridgehead atoms. The molecule has 6 aromatic rings. The molecule has 0 aliphatic carbocycles. The van der Waals surface area contributed by atoms with E-state index in [9.17, 15) is 0 Å². The maximum Gasteiger partial charge on any atom is 0.488 e. The van der Waals surface area contributed by atoms with Crippen molar-refractivity contribution in [1.82, 2.24) is 0 Å². The molecule has 0 saturated carbocycles. The van der Waals surface area contributed by atoms with Crippen molar-refractivity contribution in [3.8, 4) is 33.4 Å². The number of rotatable bonds is 4. The summed E-state index contributed by atoms with van der Waals surface area (Å²) < 4.78 is 1.06. The first-order valence-corrected chi connectivity index (χ1v) is 14.2. The summed E-state index contributed by atoms with van der Waals surface area (Å²) >= 11 is 3.29. The molecule has 0 aromatic heterocycles. The van der Waals surface area contributed by atoms with E-state index in [1.54, 1.807) is 12.1 Å². The van der Waals surface area contributed by atoms with Gasteiger partial charge in [0.15, 0.2) is 0 Å². The topological polar surface area (TPSA) is 92.5 Å². The third-order valence-corrected chi connectivity index (χ3v) is 6.90. The van der Waals surface area contributed by atoms with Crippen LogP contribution in [-0.2, 0) is 0 Å². The molecule has 0 radical (unpaired) electrons. The summed E-state index contributed by atoms with van der Waals surface area (Å²) in [4.78, 5) is 0. The van der Waals surface area contributed by atoms with Crippen LogP contribution < -0.4 is 16.9 Å². The van der Waals surface area contributed by atoms with E-state index in [-0.39, 0.29) is 0 Å². The van der Waals surface area contributed by atoms with Gasteiger partial charge in [-0.05, 0) is 81.3 Å². The minimum absolute atomic E-state index is 0.511. The van der Waals surface area contributed by atoms with Crippen molar-refractivity contribution in [3.63, 3.8) is 0 Å². The summed E-state index contributed by atoms with van der Waals surface area (Å²) in [5.74, 6) is 0. The Labute approximate surface area is 256 Å². The van der Waals surface area contributed by atoms with Crippen LogP contribution in [0.15, 0.2) is 162 Å². The minimum Gasteiger partial charge on any atom is -0.423 e. The standard InChI is InChI=1S/C18H15N.C12H11BO2.C6H6BrN/c19-18-11-9-15(10-12-18)17-8-4-7-16(13-17)14-5-2-1-3-6-14;14-13(15)12-8-4-7-11(9-12)10-5-2-1-3-6-10;7-5-1-3-6(8)4-2-5/h1-13H,19H2;1-9,14-15H;1-4H,8H2. The van der Waals surface area contributed by atoms with Crippen LogP contribution in [0.1, 0.15) is 0 Å². The fourth-order valence-corrected chi connectivity index (χ4v) is 4.42. The quantitative estimate of drug-likeness (QED) is 0.121. The molecular formula is C36H32BBrN2O2. The van der Waals surface area contributed by atoms with E-state index in [0.717, 1.165) is 27.0 Å². The molecule has 0 fully saturated rings. The second-order valence-corrected chi connectivity index (χ2v) is 10.4. The van der Waals surface area contributed by atoms with Crippen LogP contribution in [0.25, 0.3) is 33.4 Å². The predicted molar refractivity (Wildman–Crippen MR) is 182 cm³/mol. The van der Waals surface area contributed by atoms with Gasteiger partial charge in [0.05, 0.1) is 0 Å². The fourth-order valence-electron chi connectivity index (χ4n) is 4.16. The summed E-state index contributed by atoms with van der Waals surface area (Å²) in [6.45, 7) is 0. The van der Waals surface area contributed by atoms with Gasteiger partial charge in [-0.25, -0.2) is 0 Å². The van der Waals surface area contributed by atoms with Gasteiger partial charge in [-0.3, -0.25) is 0 Å². The number of benzene rings is 6. The molecule has 0 amide bonds. The molecule has 0 saturated heterocycles. The number of halogens is 1. The van der Waals surface area contributed by atoms with E-state index in [2.05, 4.69) is 76.6 Å². The Hall–Kier alpha value is -4.62. The summed E-state index contributed by atoms with van der Waals surface area (Å²) in [6.07, 6.45) is 0. The van der Waals surface area contributed by atoms with Gasteiger partial charge < -0.3 is 21.5 Å². The average Bonchev–Trinajstić information content (AvgIpc) is 3.04. The van der Waals surface area contributed by atoms with E-state index < -0.39 is 7.12 Å². The van der Waals surface area contributed by atoms with Gasteiger partial charge in [-0.15, -0.1) is 0 Å². The van der Waals surface area contributed by atoms with E-state index in [0.29, 0.717) is 5.46 Å². The van der Waals surface area contributed by atoms with E-state index in [4.69, 9.17) is 21.5 Å². The highest BCUT2D eigenvalue weighted by atomic mass is 79.9. The highest BCUT2D eigenvalue weighted by Gasteiger charge is 2.10. The smallest absolute Gasteiger partial charge is 0.423 e. The lowest BCUT2D eigenvalue weighted by Crippen LogP contribution is -2.29. The van der Waals surface area contributed by atoms with Gasteiger partial charge in [0, 0.05) is 15.8 Å². The normalized spacial score (nSPS) is 9.98. The Balaban J connectivity index is 0.000000157. The summed E-state index contributed by atoms with van der Waals surface area (Å²) in [7, 11) is -1.41. The van der Waals surface area contributed by atoms with Crippen LogP contribution in [-0.4, -0.2) is 17.2 Å². The maximum atomic E-state index is 9.05. The second kappa shape index (κ2) is 15.4. The number of nitrogens with two attached hydrogens (primary N) is 2. The molecule has 4 nitrogen and oxygen atoms in total. The molecule has 0 unspecified atom stereocenters. The molecule has 0 aliphatic heterocycles. The van der Waals surface area contributed by atoms with Crippen molar-refractivity contribution in [2.24, 2.45) is 0 Å². The molecule has 42 heavy (non-hydrogen) atoms. The molecule has 6 heteroatoms. The van der Waals surface area contributed by atoms with E-state index in [1.165, 1.54) is 22.3 Å². The van der Waals surface area contributed by atoms with Crippen LogP contribution in [0.3, 0.4) is 0 Å². The van der Waals surface area contributed by atoms with Crippen molar-refractivity contribution < 1.29 is 10.0 Å². The SMILES string of the molecule is Nc1ccc(-c2cccc(-c3ccccc3)c2)cc1.Nc1ccc(Br)cc1.OB(O)c1cccc(-c2ccccc2)c1. The van der Waals surface area contributed by atoms with Gasteiger partial charge in [-0.1, -0.05) is 131 Å². The largest absolute Gasteiger partial charge is 0.488 e. The maximum absolute atomic E-state index is 9.05. The molecule has 6 aromatic carbocycles. The predicted octanol–water partition coefficient (Wildman–Crippen LogP) is 7.67. The Bertz CT molecular complexity index is 1640. The summed E-state index contributed by atoms with van der Waals surface area (Å²) in [5.41, 5.74) is 20.2. The third-order valence-electron chi connectivity index (χ3n) is 6.38. The number of hydrogen-bond acceptors (Lipinski definition) is 4. The van der Waals surface area contributed by atoms with Crippen LogP contribution in [0, 0.1) is 0 Å². The zero-order valence-corrected chi connectivity index (χ0v) is 24.6. The van der Waals surface area contributed by atoms with Crippen LogP contribution in [0.4, 0.5) is 11.4 Å². The fraction of sp³-hybridized carbons (Fsp3) is 0. The Kier molecular flexibility index (Phi) is 11.1. The first-order valence-electron chi connectivity index (χ1n) is 13.4. The molecule has 0 heterocycles. The van der Waals surface area contributed by atoms with Crippen LogP contribution in [0.2, 0.25) is 0 Å².